The van der Waals surface area contributed by atoms with Crippen LogP contribution >= 0.6 is 0 Å². The Labute approximate surface area is 191 Å². The number of aryl methyl sites for hydroxylation is 1. The average molecular weight is 469 g/mol. The number of carbonyl (C=O) groups excluding carboxylic acids is 2. The molecule has 2 aromatic heterocycles. The first-order valence-corrected chi connectivity index (χ1v) is 12.5. The van der Waals surface area contributed by atoms with Crippen molar-refractivity contribution >= 4 is 21.7 Å². The summed E-state index contributed by atoms with van der Waals surface area (Å²) in [6.07, 6.45) is 4.52. The maximum absolute atomic E-state index is 13.2. The smallest absolute Gasteiger partial charge is 0.272 e. The highest BCUT2D eigenvalue weighted by atomic mass is 32.2. The molecule has 2 fully saturated rings. The van der Waals surface area contributed by atoms with E-state index >= 15 is 0 Å². The fourth-order valence-corrected chi connectivity index (χ4v) is 6.98. The van der Waals surface area contributed by atoms with Crippen molar-refractivity contribution in [1.82, 2.24) is 25.0 Å². The Kier molecular flexibility index (Phi) is 5.01. The number of pyridine rings is 1. The summed E-state index contributed by atoms with van der Waals surface area (Å²) >= 11 is 0. The number of hydrogen-bond acceptors (Lipinski definition) is 7. The van der Waals surface area contributed by atoms with Gasteiger partial charge in [-0.15, -0.1) is 0 Å². The molecule has 5 rings (SSSR count). The van der Waals surface area contributed by atoms with E-state index in [1.807, 2.05) is 6.07 Å². The molecule has 3 heterocycles. The van der Waals surface area contributed by atoms with Crippen molar-refractivity contribution in [2.24, 2.45) is 7.05 Å². The van der Waals surface area contributed by atoms with Crippen molar-refractivity contribution in [2.45, 2.75) is 48.6 Å². The van der Waals surface area contributed by atoms with Crippen molar-refractivity contribution in [1.29, 1.82) is 5.26 Å². The first-order chi connectivity index (χ1) is 15.8. The van der Waals surface area contributed by atoms with E-state index in [9.17, 15) is 18.0 Å². The minimum absolute atomic E-state index is 0.164. The van der Waals surface area contributed by atoms with Crippen molar-refractivity contribution in [3.05, 3.63) is 46.5 Å². The Balaban J connectivity index is 1.30. The van der Waals surface area contributed by atoms with Crippen LogP contribution in [0.3, 0.4) is 0 Å². The van der Waals surface area contributed by atoms with Gasteiger partial charge in [0.05, 0.1) is 27.8 Å². The number of nitriles is 1. The van der Waals surface area contributed by atoms with Gasteiger partial charge in [0.2, 0.25) is 0 Å². The summed E-state index contributed by atoms with van der Waals surface area (Å²) in [4.78, 5) is 31.8. The lowest BCUT2D eigenvalue weighted by Crippen LogP contribution is -2.46. The second kappa shape index (κ2) is 7.66. The zero-order valence-electron chi connectivity index (χ0n) is 18.2. The monoisotopic (exact) mass is 468 g/mol. The van der Waals surface area contributed by atoms with Crippen LogP contribution in [0.1, 0.15) is 63.5 Å². The highest BCUT2D eigenvalue weighted by Gasteiger charge is 2.60. The van der Waals surface area contributed by atoms with Gasteiger partial charge in [-0.1, -0.05) is 0 Å². The molecule has 172 valence electrons. The third kappa shape index (κ3) is 3.68. The van der Waals surface area contributed by atoms with Crippen molar-refractivity contribution in [3.8, 4) is 6.07 Å². The van der Waals surface area contributed by atoms with E-state index < -0.39 is 20.5 Å². The number of nitrogens with zero attached hydrogens (tertiary/aromatic N) is 5. The normalized spacial score (nSPS) is 19.0. The molecule has 0 bridgehead atoms. The third-order valence-corrected chi connectivity index (χ3v) is 9.81. The fraction of sp³-hybridized carbons (Fsp3) is 0.500. The first kappa shape index (κ1) is 21.6. The molecule has 2 aromatic rings. The largest absolute Gasteiger partial charge is 0.345 e. The summed E-state index contributed by atoms with van der Waals surface area (Å²) in [6.45, 7) is 0.732. The Bertz CT molecular complexity index is 1280. The first-order valence-electron chi connectivity index (χ1n) is 11.0. The molecule has 1 N–H and O–H groups in total. The number of sulfone groups is 1. The van der Waals surface area contributed by atoms with E-state index in [-0.39, 0.29) is 29.9 Å². The molecule has 0 spiro atoms. The number of fused-ring (bicyclic) bond motifs is 1. The van der Waals surface area contributed by atoms with Gasteiger partial charge in [0.25, 0.3) is 11.8 Å². The Morgan fingerprint density at radius 3 is 2.70 bits per heavy atom. The summed E-state index contributed by atoms with van der Waals surface area (Å²) in [5.74, 6) is -0.689. The molecule has 10 nitrogen and oxygen atoms in total. The molecule has 0 atom stereocenters. The van der Waals surface area contributed by atoms with Crippen LogP contribution in [0.15, 0.2) is 18.3 Å². The zero-order chi connectivity index (χ0) is 23.4. The topological polar surface area (TPSA) is 138 Å². The lowest BCUT2D eigenvalue weighted by molar-refractivity contribution is 0.0724. The molecule has 11 heteroatoms. The summed E-state index contributed by atoms with van der Waals surface area (Å²) in [5.41, 5.74) is 2.15. The van der Waals surface area contributed by atoms with Gasteiger partial charge in [0.15, 0.2) is 15.5 Å². The molecule has 33 heavy (non-hydrogen) atoms. The molecule has 2 aliphatic carbocycles. The predicted octanol–water partition coefficient (Wildman–Crippen LogP) is 0.725. The van der Waals surface area contributed by atoms with Crippen LogP contribution in [0, 0.1) is 11.3 Å². The quantitative estimate of drug-likeness (QED) is 0.632. The summed E-state index contributed by atoms with van der Waals surface area (Å²) < 4.78 is 26.3. The van der Waals surface area contributed by atoms with Crippen LogP contribution in [0.25, 0.3) is 0 Å². The van der Waals surface area contributed by atoms with Gasteiger partial charge in [-0.05, 0) is 44.2 Å². The van der Waals surface area contributed by atoms with E-state index in [2.05, 4.69) is 15.4 Å². The van der Waals surface area contributed by atoms with Gasteiger partial charge in [0.1, 0.15) is 11.8 Å². The number of rotatable bonds is 7. The standard InChI is InChI=1S/C22H24N6O4S/c1-27-19-17(18(26-27)20(29)25-12-15-3-2-14(10-23)11-24-15)6-9-28(21(19)30)13-22(7-8-22)33(31,32)16-4-5-16/h2-3,11,16H,4-9,12-13H2,1H3,(H,25,29). The molecule has 3 aliphatic rings. The van der Waals surface area contributed by atoms with Crippen LogP contribution in [0.4, 0.5) is 0 Å². The second-order valence-corrected chi connectivity index (χ2v) is 11.7. The molecule has 0 unspecified atom stereocenters. The highest BCUT2D eigenvalue weighted by Crippen LogP contribution is 2.50. The van der Waals surface area contributed by atoms with Crippen LogP contribution < -0.4 is 5.32 Å². The van der Waals surface area contributed by atoms with Gasteiger partial charge >= 0.3 is 0 Å². The van der Waals surface area contributed by atoms with Crippen LogP contribution in [-0.4, -0.2) is 63.0 Å². The van der Waals surface area contributed by atoms with Crippen LogP contribution in [0.5, 0.6) is 0 Å². The van der Waals surface area contributed by atoms with E-state index in [1.54, 1.807) is 24.1 Å². The average Bonchev–Trinajstić information content (AvgIpc) is 3.72. The maximum Gasteiger partial charge on any atom is 0.272 e. The predicted molar refractivity (Wildman–Crippen MR) is 117 cm³/mol. The Hall–Kier alpha value is -3.26. The number of amides is 2. The van der Waals surface area contributed by atoms with Gasteiger partial charge < -0.3 is 10.2 Å². The number of hydrogen-bond donors (Lipinski definition) is 1. The summed E-state index contributed by atoms with van der Waals surface area (Å²) in [7, 11) is -1.60. The third-order valence-electron chi connectivity index (χ3n) is 6.72. The number of carbonyl (C=O) groups is 2. The molecular formula is C22H24N6O4S. The zero-order valence-corrected chi connectivity index (χ0v) is 19.1. The Morgan fingerprint density at radius 2 is 2.09 bits per heavy atom. The molecule has 2 saturated carbocycles. The Morgan fingerprint density at radius 1 is 1.33 bits per heavy atom. The number of aromatic nitrogens is 3. The lowest BCUT2D eigenvalue weighted by atomic mass is 10.0. The SMILES string of the molecule is Cn1nc(C(=O)NCc2ccc(C#N)cn2)c2c1C(=O)N(CC1(S(=O)(=O)C3CC3)CC1)CC2. The second-order valence-electron chi connectivity index (χ2n) is 9.04. The summed E-state index contributed by atoms with van der Waals surface area (Å²) in [5, 5.41) is 15.7. The van der Waals surface area contributed by atoms with Crippen LogP contribution in [-0.2, 0) is 29.9 Å². The van der Waals surface area contributed by atoms with Gasteiger partial charge in [-0.3, -0.25) is 19.3 Å². The van der Waals surface area contributed by atoms with Gasteiger partial charge in [0, 0.05) is 31.9 Å². The van der Waals surface area contributed by atoms with E-state index in [4.69, 9.17) is 5.26 Å². The molecular weight excluding hydrogens is 444 g/mol. The van der Waals surface area contributed by atoms with Crippen LogP contribution in [0.2, 0.25) is 0 Å². The molecule has 1 aliphatic heterocycles. The van der Waals surface area contributed by atoms with Gasteiger partial charge in [-0.2, -0.15) is 10.4 Å². The minimum Gasteiger partial charge on any atom is -0.345 e. The molecule has 0 aromatic carbocycles. The van der Waals surface area contributed by atoms with Gasteiger partial charge in [-0.25, -0.2) is 8.42 Å². The minimum atomic E-state index is -3.22. The van der Waals surface area contributed by atoms with E-state index in [1.165, 1.54) is 10.9 Å². The van der Waals surface area contributed by atoms with E-state index in [0.29, 0.717) is 48.3 Å². The maximum atomic E-state index is 13.2. The highest BCUT2D eigenvalue weighted by molar-refractivity contribution is 7.94. The van der Waals surface area contributed by atoms with Crippen molar-refractivity contribution in [2.75, 3.05) is 13.1 Å². The summed E-state index contributed by atoms with van der Waals surface area (Å²) in [6, 6.07) is 5.28. The fourth-order valence-electron chi connectivity index (χ4n) is 4.51. The lowest BCUT2D eigenvalue weighted by Gasteiger charge is -2.31. The van der Waals surface area contributed by atoms with Crippen molar-refractivity contribution < 1.29 is 18.0 Å². The molecule has 2 amide bonds. The molecule has 0 radical (unpaired) electrons. The van der Waals surface area contributed by atoms with E-state index in [0.717, 1.165) is 12.8 Å². The number of nitrogens with one attached hydrogen (secondary N) is 1. The molecule has 0 saturated heterocycles. The van der Waals surface area contributed by atoms with Crippen molar-refractivity contribution in [3.63, 3.8) is 0 Å².